The lowest BCUT2D eigenvalue weighted by Crippen LogP contribution is -2.82. The molecule has 1 fully saturated rings. The monoisotopic (exact) mass is 548 g/mol. The van der Waals surface area contributed by atoms with Crippen LogP contribution < -0.4 is 0 Å². The summed E-state index contributed by atoms with van der Waals surface area (Å²) in [6.45, 7) is 1.35. The molecule has 29 heavy (non-hydrogen) atoms. The molecule has 0 aliphatic heterocycles. The first-order valence-corrected chi connectivity index (χ1v) is 8.75. The van der Waals surface area contributed by atoms with E-state index in [9.17, 15) is 43.9 Å². The van der Waals surface area contributed by atoms with E-state index < -0.39 is 46.2 Å². The van der Waals surface area contributed by atoms with E-state index in [-0.39, 0.29) is 20.6 Å². The fraction of sp³-hybridized carbons (Fsp3) is 0.412. The molecule has 3 rings (SSSR count). The van der Waals surface area contributed by atoms with Gasteiger partial charge < -0.3 is 0 Å². The van der Waals surface area contributed by atoms with Crippen LogP contribution in [0.3, 0.4) is 0 Å². The Morgan fingerprint density at radius 3 is 1.45 bits per heavy atom. The molecular weight excluding hydrogens is 540 g/mol. The van der Waals surface area contributed by atoms with Gasteiger partial charge in [-0.25, -0.2) is 4.39 Å². The maximum absolute atomic E-state index is 15.4. The SMILES string of the molecule is Cc1c(I)cc(C2(F)C(F)(F)C(F)(F)C(F)(F)C(F)(F)C2(F)F)c2ccccc12. The summed E-state index contributed by atoms with van der Waals surface area (Å²) in [7, 11) is 0. The molecule has 0 aromatic heterocycles. The van der Waals surface area contributed by atoms with Crippen molar-refractivity contribution < 1.29 is 48.3 Å². The van der Waals surface area contributed by atoms with Gasteiger partial charge in [0.2, 0.25) is 0 Å². The summed E-state index contributed by atoms with van der Waals surface area (Å²) in [4.78, 5) is 0. The maximum Gasteiger partial charge on any atom is 0.384 e. The number of alkyl halides is 11. The average molecular weight is 548 g/mol. The number of fused-ring (bicyclic) bond motifs is 1. The highest BCUT2D eigenvalue weighted by molar-refractivity contribution is 14.1. The molecule has 0 radical (unpaired) electrons. The molecule has 0 nitrogen and oxygen atoms in total. The average Bonchev–Trinajstić information content (AvgIpc) is 2.62. The molecule has 0 bridgehead atoms. The van der Waals surface area contributed by atoms with Crippen molar-refractivity contribution >= 4 is 33.4 Å². The maximum atomic E-state index is 15.4. The van der Waals surface area contributed by atoms with Gasteiger partial charge in [0, 0.05) is 9.13 Å². The highest BCUT2D eigenvalue weighted by atomic mass is 127. The van der Waals surface area contributed by atoms with Crippen molar-refractivity contribution in [3.8, 4) is 0 Å². The zero-order chi connectivity index (χ0) is 22.4. The van der Waals surface area contributed by atoms with Crippen molar-refractivity contribution in [3.05, 3.63) is 45.0 Å². The summed E-state index contributed by atoms with van der Waals surface area (Å²) in [5.41, 5.74) is -7.87. The third kappa shape index (κ3) is 2.21. The summed E-state index contributed by atoms with van der Waals surface area (Å²) in [6, 6.07) is 4.46. The number of rotatable bonds is 1. The Kier molecular flexibility index (Phi) is 4.53. The molecule has 160 valence electrons. The molecule has 1 aliphatic carbocycles. The Morgan fingerprint density at radius 1 is 0.621 bits per heavy atom. The lowest BCUT2D eigenvalue weighted by atomic mass is 9.68. The minimum Gasteiger partial charge on any atom is -0.225 e. The zero-order valence-electron chi connectivity index (χ0n) is 13.9. The normalized spacial score (nSPS) is 25.7. The van der Waals surface area contributed by atoms with Crippen molar-refractivity contribution in [2.45, 2.75) is 42.2 Å². The van der Waals surface area contributed by atoms with Gasteiger partial charge in [-0.1, -0.05) is 24.3 Å². The van der Waals surface area contributed by atoms with Crippen molar-refractivity contribution in [2.75, 3.05) is 0 Å². The fourth-order valence-corrected chi connectivity index (χ4v) is 3.93. The molecule has 12 heteroatoms. The van der Waals surface area contributed by atoms with Crippen LogP contribution in [0.15, 0.2) is 30.3 Å². The molecule has 2 aromatic carbocycles. The van der Waals surface area contributed by atoms with Crippen LogP contribution in [0, 0.1) is 10.5 Å². The van der Waals surface area contributed by atoms with Crippen LogP contribution in [-0.4, -0.2) is 29.6 Å². The van der Waals surface area contributed by atoms with E-state index in [0.717, 1.165) is 18.2 Å². The first-order chi connectivity index (χ1) is 12.9. The zero-order valence-corrected chi connectivity index (χ0v) is 16.1. The Morgan fingerprint density at radius 2 is 1.00 bits per heavy atom. The van der Waals surface area contributed by atoms with Crippen LogP contribution in [0.25, 0.3) is 10.8 Å². The molecule has 0 heterocycles. The molecule has 0 N–H and O–H groups in total. The van der Waals surface area contributed by atoms with E-state index in [1.165, 1.54) is 35.6 Å². The summed E-state index contributed by atoms with van der Waals surface area (Å²) >= 11 is 1.37. The summed E-state index contributed by atoms with van der Waals surface area (Å²) in [6.07, 6.45) is 0. The highest BCUT2D eigenvalue weighted by Gasteiger charge is 3.01. The lowest BCUT2D eigenvalue weighted by Gasteiger charge is -2.52. The van der Waals surface area contributed by atoms with E-state index in [1.54, 1.807) is 0 Å². The first-order valence-electron chi connectivity index (χ1n) is 7.67. The van der Waals surface area contributed by atoms with Gasteiger partial charge in [0.1, 0.15) is 0 Å². The van der Waals surface area contributed by atoms with E-state index >= 15 is 4.39 Å². The second kappa shape index (κ2) is 5.88. The standard InChI is InChI=1S/C17H8F11I/c1-7-8-4-2-3-5-9(8)10(6-11(7)29)12(18)13(19,20)15(23,24)17(27,28)16(25,26)14(12,21)22/h2-6H,1H3. The minimum absolute atomic E-state index is 0.179. The van der Waals surface area contributed by atoms with Crippen LogP contribution in [0.4, 0.5) is 48.3 Å². The largest absolute Gasteiger partial charge is 0.384 e. The second-order valence-corrected chi connectivity index (χ2v) is 7.77. The number of aryl methyl sites for hydroxylation is 1. The molecule has 1 aliphatic rings. The van der Waals surface area contributed by atoms with Gasteiger partial charge in [0.15, 0.2) is 0 Å². The first kappa shape index (κ1) is 22.3. The van der Waals surface area contributed by atoms with Crippen LogP contribution in [0.5, 0.6) is 0 Å². The van der Waals surface area contributed by atoms with Gasteiger partial charge in [-0.05, 0) is 51.9 Å². The van der Waals surface area contributed by atoms with Crippen molar-refractivity contribution in [1.29, 1.82) is 0 Å². The Balaban J connectivity index is 2.55. The Labute approximate surface area is 169 Å². The molecule has 0 saturated heterocycles. The molecule has 0 unspecified atom stereocenters. The van der Waals surface area contributed by atoms with Gasteiger partial charge in [-0.3, -0.25) is 0 Å². The minimum atomic E-state index is -7.23. The molecule has 0 atom stereocenters. The summed E-state index contributed by atoms with van der Waals surface area (Å²) in [5.74, 6) is -35.3. The number of halogens is 12. The van der Waals surface area contributed by atoms with E-state index in [2.05, 4.69) is 0 Å². The van der Waals surface area contributed by atoms with Gasteiger partial charge in [-0.2, -0.15) is 43.9 Å². The third-order valence-electron chi connectivity index (χ3n) is 5.06. The number of benzene rings is 2. The summed E-state index contributed by atoms with van der Waals surface area (Å²) in [5, 5.41) is -0.994. The second-order valence-electron chi connectivity index (χ2n) is 6.61. The smallest absolute Gasteiger partial charge is 0.225 e. The van der Waals surface area contributed by atoms with Crippen molar-refractivity contribution in [2.24, 2.45) is 0 Å². The van der Waals surface area contributed by atoms with E-state index in [0.29, 0.717) is 0 Å². The lowest BCUT2D eigenvalue weighted by molar-refractivity contribution is -0.489. The Hall–Kier alpha value is -1.34. The fourth-order valence-electron chi connectivity index (χ4n) is 3.33. The molecule has 0 spiro atoms. The molecule has 0 amide bonds. The third-order valence-corrected chi connectivity index (χ3v) is 6.18. The topological polar surface area (TPSA) is 0 Å². The van der Waals surface area contributed by atoms with Crippen molar-refractivity contribution in [3.63, 3.8) is 0 Å². The highest BCUT2D eigenvalue weighted by Crippen LogP contribution is 2.72. The van der Waals surface area contributed by atoms with E-state index in [4.69, 9.17) is 0 Å². The number of hydrogen-bond acceptors (Lipinski definition) is 0. The van der Waals surface area contributed by atoms with Crippen LogP contribution in [-0.2, 0) is 5.67 Å². The Bertz CT molecular complexity index is 966. The molecular formula is C17H8F11I. The molecule has 2 aromatic rings. The van der Waals surface area contributed by atoms with Crippen LogP contribution >= 0.6 is 22.6 Å². The van der Waals surface area contributed by atoms with Crippen molar-refractivity contribution in [1.82, 2.24) is 0 Å². The van der Waals surface area contributed by atoms with Gasteiger partial charge >= 0.3 is 29.6 Å². The van der Waals surface area contributed by atoms with Crippen LogP contribution in [0.1, 0.15) is 11.1 Å². The summed E-state index contributed by atoms with van der Waals surface area (Å²) < 4.78 is 155. The van der Waals surface area contributed by atoms with E-state index in [1.807, 2.05) is 0 Å². The molecule has 1 saturated carbocycles. The van der Waals surface area contributed by atoms with Gasteiger partial charge in [0.25, 0.3) is 5.67 Å². The predicted molar refractivity (Wildman–Crippen MR) is 88.9 cm³/mol. The van der Waals surface area contributed by atoms with Crippen LogP contribution in [0.2, 0.25) is 0 Å². The number of hydrogen-bond donors (Lipinski definition) is 0. The van der Waals surface area contributed by atoms with Gasteiger partial charge in [0.05, 0.1) is 0 Å². The quantitative estimate of drug-likeness (QED) is 0.264. The predicted octanol–water partition coefficient (Wildman–Crippen LogP) is 7.11. The van der Waals surface area contributed by atoms with Gasteiger partial charge in [-0.15, -0.1) is 0 Å².